The molecule has 4 unspecified atom stereocenters. The van der Waals surface area contributed by atoms with Crippen LogP contribution in [-0.2, 0) is 4.79 Å². The minimum atomic E-state index is -4.35. The number of carbonyl (C=O) groups excluding carboxylic acids is 1. The van der Waals surface area contributed by atoms with E-state index >= 15 is 0 Å². The molecule has 0 aromatic rings. The predicted molar refractivity (Wildman–Crippen MR) is 65.9 cm³/mol. The number of amides is 1. The van der Waals surface area contributed by atoms with Crippen molar-refractivity contribution in [2.45, 2.75) is 18.6 Å². The summed E-state index contributed by atoms with van der Waals surface area (Å²) in [5.74, 6) is -3.38. The number of alkyl halides is 3. The van der Waals surface area contributed by atoms with Crippen molar-refractivity contribution in [2.75, 3.05) is 6.54 Å². The Balaban J connectivity index is 2.02. The Morgan fingerprint density at radius 1 is 1.42 bits per heavy atom. The molecule has 0 radical (unpaired) electrons. The number of hydrogen-bond acceptors (Lipinski definition) is 2. The van der Waals surface area contributed by atoms with Gasteiger partial charge in [-0.1, -0.05) is 22.0 Å². The van der Waals surface area contributed by atoms with Crippen LogP contribution in [0.15, 0.2) is 23.0 Å². The molecule has 104 valence electrons. The fourth-order valence-electron chi connectivity index (χ4n) is 3.25. The van der Waals surface area contributed by atoms with Crippen LogP contribution in [0.1, 0.15) is 6.42 Å². The van der Waals surface area contributed by atoms with Gasteiger partial charge >= 0.3 is 6.18 Å². The second-order valence-electron chi connectivity index (χ2n) is 5.11. The number of nitrogens with zero attached hydrogens (tertiary/aromatic N) is 1. The molecule has 4 atom stereocenters. The van der Waals surface area contributed by atoms with Crippen molar-refractivity contribution in [3.05, 3.63) is 23.0 Å². The Kier molecular flexibility index (Phi) is 2.92. The van der Waals surface area contributed by atoms with Gasteiger partial charge in [-0.2, -0.15) is 13.2 Å². The molecule has 1 amide bonds. The van der Waals surface area contributed by atoms with Crippen LogP contribution in [0.25, 0.3) is 0 Å². The lowest BCUT2D eigenvalue weighted by Crippen LogP contribution is -2.41. The summed E-state index contributed by atoms with van der Waals surface area (Å²) in [5.41, 5.74) is 0. The summed E-state index contributed by atoms with van der Waals surface area (Å²) >= 11 is 3.19. The van der Waals surface area contributed by atoms with Crippen LogP contribution in [0, 0.1) is 17.8 Å². The lowest BCUT2D eigenvalue weighted by Gasteiger charge is -2.33. The quantitative estimate of drug-likeness (QED) is 0.736. The van der Waals surface area contributed by atoms with E-state index in [4.69, 9.17) is 0 Å². The van der Waals surface area contributed by atoms with Crippen molar-refractivity contribution in [3.8, 4) is 0 Å². The molecule has 0 aromatic carbocycles. The average molecular weight is 337 g/mol. The van der Waals surface area contributed by atoms with Crippen LogP contribution in [0.5, 0.6) is 0 Å². The van der Waals surface area contributed by atoms with Gasteiger partial charge in [0.05, 0.1) is 17.9 Å². The monoisotopic (exact) mass is 336 g/mol. The van der Waals surface area contributed by atoms with E-state index in [0.29, 0.717) is 11.0 Å². The van der Waals surface area contributed by atoms with Crippen LogP contribution in [0.4, 0.5) is 13.2 Å². The molecule has 0 spiro atoms. The van der Waals surface area contributed by atoms with E-state index < -0.39 is 23.9 Å². The van der Waals surface area contributed by atoms with Crippen molar-refractivity contribution in [2.24, 2.45) is 17.8 Å². The number of fused-ring (bicyclic) bond motifs is 3. The van der Waals surface area contributed by atoms with E-state index in [1.807, 2.05) is 0 Å². The van der Waals surface area contributed by atoms with E-state index in [1.54, 1.807) is 18.5 Å². The zero-order valence-electron chi connectivity index (χ0n) is 9.82. The third-order valence-electron chi connectivity index (χ3n) is 4.08. The predicted octanol–water partition coefficient (Wildman–Crippen LogP) is 2.37. The van der Waals surface area contributed by atoms with E-state index in [9.17, 15) is 18.0 Å². The van der Waals surface area contributed by atoms with Gasteiger partial charge in [0, 0.05) is 24.9 Å². The second-order valence-corrected chi connectivity index (χ2v) is 6.12. The molecule has 1 fully saturated rings. The Morgan fingerprint density at radius 2 is 2.16 bits per heavy atom. The smallest absolute Gasteiger partial charge is 0.388 e. The summed E-state index contributed by atoms with van der Waals surface area (Å²) in [6, 6.07) is -0.222. The van der Waals surface area contributed by atoms with Gasteiger partial charge in [-0.3, -0.25) is 4.79 Å². The molecule has 2 heterocycles. The van der Waals surface area contributed by atoms with Gasteiger partial charge in [-0.25, -0.2) is 0 Å². The summed E-state index contributed by atoms with van der Waals surface area (Å²) in [7, 11) is 0. The lowest BCUT2D eigenvalue weighted by atomic mass is 9.75. The molecular formula is C12H12BrF3N2O. The molecule has 19 heavy (non-hydrogen) atoms. The summed E-state index contributed by atoms with van der Waals surface area (Å²) in [6.45, 7) is 0.491. The van der Waals surface area contributed by atoms with Gasteiger partial charge in [0.25, 0.3) is 0 Å². The van der Waals surface area contributed by atoms with E-state index in [0.717, 1.165) is 0 Å². The van der Waals surface area contributed by atoms with E-state index in [-0.39, 0.29) is 18.4 Å². The summed E-state index contributed by atoms with van der Waals surface area (Å²) in [5, 5.41) is 2.98. The molecular weight excluding hydrogens is 325 g/mol. The highest BCUT2D eigenvalue weighted by Gasteiger charge is 2.58. The SMILES string of the molecule is O=C1C2C(C=C(Br)CC2C(F)(F)F)C2CNC=CN12. The maximum Gasteiger partial charge on any atom is 0.392 e. The molecule has 1 N–H and O–H groups in total. The van der Waals surface area contributed by atoms with Crippen molar-refractivity contribution >= 4 is 21.8 Å². The molecule has 1 aliphatic carbocycles. The fraction of sp³-hybridized carbons (Fsp3) is 0.583. The van der Waals surface area contributed by atoms with Crippen molar-refractivity contribution in [1.29, 1.82) is 0 Å². The molecule has 3 nitrogen and oxygen atoms in total. The molecule has 0 saturated carbocycles. The third-order valence-corrected chi connectivity index (χ3v) is 4.67. The number of halogens is 4. The average Bonchev–Trinajstić information content (AvgIpc) is 2.62. The minimum absolute atomic E-state index is 0.145. The van der Waals surface area contributed by atoms with Crippen molar-refractivity contribution in [3.63, 3.8) is 0 Å². The second kappa shape index (κ2) is 4.26. The van der Waals surface area contributed by atoms with Gasteiger partial charge < -0.3 is 10.2 Å². The first-order chi connectivity index (χ1) is 8.89. The Bertz CT molecular complexity index is 474. The zero-order valence-corrected chi connectivity index (χ0v) is 11.4. The largest absolute Gasteiger partial charge is 0.392 e. The first kappa shape index (κ1) is 13.0. The topological polar surface area (TPSA) is 32.3 Å². The van der Waals surface area contributed by atoms with Gasteiger partial charge in [-0.15, -0.1) is 0 Å². The van der Waals surface area contributed by atoms with Crippen LogP contribution in [0.2, 0.25) is 0 Å². The number of hydrogen-bond donors (Lipinski definition) is 1. The van der Waals surface area contributed by atoms with E-state index in [1.165, 1.54) is 4.90 Å². The minimum Gasteiger partial charge on any atom is -0.388 e. The van der Waals surface area contributed by atoms with Gasteiger partial charge in [0.2, 0.25) is 5.91 Å². The summed E-state index contributed by atoms with van der Waals surface area (Å²) < 4.78 is 40.0. The Labute approximate surface area is 116 Å². The zero-order chi connectivity index (χ0) is 13.8. The van der Waals surface area contributed by atoms with Crippen LogP contribution < -0.4 is 5.32 Å². The number of allylic oxidation sites excluding steroid dienone is 1. The summed E-state index contributed by atoms with van der Waals surface area (Å²) in [6.07, 6.45) is 0.430. The molecule has 2 aliphatic heterocycles. The van der Waals surface area contributed by atoms with Crippen LogP contribution in [-0.4, -0.2) is 29.6 Å². The number of rotatable bonds is 0. The van der Waals surface area contributed by atoms with Gasteiger partial charge in [0.15, 0.2) is 0 Å². The normalized spacial score (nSPS) is 37.6. The molecule has 1 saturated heterocycles. The molecule has 7 heteroatoms. The fourth-order valence-corrected chi connectivity index (χ4v) is 3.91. The summed E-state index contributed by atoms with van der Waals surface area (Å²) in [4.78, 5) is 13.7. The molecule has 0 aromatic heterocycles. The highest BCUT2D eigenvalue weighted by atomic mass is 79.9. The maximum atomic E-state index is 13.2. The highest BCUT2D eigenvalue weighted by Crippen LogP contribution is 2.50. The van der Waals surface area contributed by atoms with E-state index in [2.05, 4.69) is 21.2 Å². The van der Waals surface area contributed by atoms with Crippen LogP contribution in [0.3, 0.4) is 0 Å². The first-order valence-corrected chi connectivity index (χ1v) is 6.84. The highest BCUT2D eigenvalue weighted by molar-refractivity contribution is 9.11. The first-order valence-electron chi connectivity index (χ1n) is 6.05. The standard InChI is InChI=1S/C12H12BrF3N2O/c13-6-3-7-9-5-17-1-2-18(9)11(19)10(7)8(4-6)12(14,15)16/h1-3,7-10,17H,4-5H2. The third kappa shape index (κ3) is 1.98. The molecule has 0 bridgehead atoms. The van der Waals surface area contributed by atoms with Gasteiger partial charge in [0.1, 0.15) is 0 Å². The van der Waals surface area contributed by atoms with Crippen molar-refractivity contribution in [1.82, 2.24) is 10.2 Å². The maximum absolute atomic E-state index is 13.2. The Hall–Kier alpha value is -0.980. The molecule has 3 aliphatic rings. The molecule has 3 rings (SSSR count). The van der Waals surface area contributed by atoms with Crippen molar-refractivity contribution < 1.29 is 18.0 Å². The Morgan fingerprint density at radius 3 is 2.84 bits per heavy atom. The lowest BCUT2D eigenvalue weighted by molar-refractivity contribution is -0.193. The number of nitrogens with one attached hydrogen (secondary N) is 1. The number of carbonyl (C=O) groups is 1. The van der Waals surface area contributed by atoms with Crippen LogP contribution >= 0.6 is 15.9 Å². The van der Waals surface area contributed by atoms with Gasteiger partial charge in [-0.05, 0) is 10.9 Å².